The topological polar surface area (TPSA) is 43.6 Å². The molecule has 274 valence electrons. The molecule has 0 amide bonds. The Bertz CT molecular complexity index is 3100. The zero-order chi connectivity index (χ0) is 38.8. The third kappa shape index (κ3) is 5.48. The minimum atomic E-state index is -0.0370. The standard InChI is InChI=1S/C54H38N4/c1-54(2)47-22-11-9-18-43(47)44-33-30-40(34-48(44)54)35-24-26-36(27-25-35)42-20-13-21-46-45-19-10-12-23-49(45)58(50(42)46)41-31-28-39(29-32-41)53-56-51(37-14-5-3-6-15-37)55-52(57-53)38-16-7-4-8-17-38/h3-34H,1-2H3. The Morgan fingerprint density at radius 3 is 1.55 bits per heavy atom. The molecule has 0 fully saturated rings. The molecular formula is C54H38N4. The van der Waals surface area contributed by atoms with E-state index in [1.807, 2.05) is 60.7 Å². The molecule has 0 atom stereocenters. The Hall–Kier alpha value is -7.43. The fourth-order valence-electron chi connectivity index (χ4n) is 8.94. The molecule has 2 aromatic heterocycles. The lowest BCUT2D eigenvalue weighted by Crippen LogP contribution is -2.14. The highest BCUT2D eigenvalue weighted by atomic mass is 15.0. The van der Waals surface area contributed by atoms with Crippen molar-refractivity contribution >= 4 is 21.8 Å². The van der Waals surface area contributed by atoms with Gasteiger partial charge in [-0.25, -0.2) is 15.0 Å². The van der Waals surface area contributed by atoms with Gasteiger partial charge >= 0.3 is 0 Å². The van der Waals surface area contributed by atoms with Crippen LogP contribution in [0.1, 0.15) is 25.0 Å². The van der Waals surface area contributed by atoms with Gasteiger partial charge < -0.3 is 4.57 Å². The van der Waals surface area contributed by atoms with Crippen molar-refractivity contribution in [3.05, 3.63) is 205 Å². The van der Waals surface area contributed by atoms with Gasteiger partial charge in [0.1, 0.15) is 0 Å². The minimum Gasteiger partial charge on any atom is -0.309 e. The summed E-state index contributed by atoms with van der Waals surface area (Å²) >= 11 is 0. The quantitative estimate of drug-likeness (QED) is 0.170. The van der Waals surface area contributed by atoms with Crippen LogP contribution < -0.4 is 0 Å². The van der Waals surface area contributed by atoms with Gasteiger partial charge in [0.15, 0.2) is 17.5 Å². The van der Waals surface area contributed by atoms with Crippen molar-refractivity contribution in [1.29, 1.82) is 0 Å². The zero-order valence-corrected chi connectivity index (χ0v) is 32.3. The normalized spacial score (nSPS) is 12.8. The summed E-state index contributed by atoms with van der Waals surface area (Å²) in [5.41, 5.74) is 16.5. The van der Waals surface area contributed by atoms with E-state index in [-0.39, 0.29) is 5.41 Å². The highest BCUT2D eigenvalue weighted by Gasteiger charge is 2.35. The molecule has 4 heteroatoms. The van der Waals surface area contributed by atoms with E-state index in [2.05, 4.69) is 152 Å². The predicted octanol–water partition coefficient (Wildman–Crippen LogP) is 13.6. The predicted molar refractivity (Wildman–Crippen MR) is 239 cm³/mol. The number of para-hydroxylation sites is 2. The first-order valence-corrected chi connectivity index (χ1v) is 19.9. The van der Waals surface area contributed by atoms with Gasteiger partial charge in [-0.15, -0.1) is 0 Å². The third-order valence-corrected chi connectivity index (χ3v) is 11.9. The second-order valence-corrected chi connectivity index (χ2v) is 15.6. The van der Waals surface area contributed by atoms with E-state index in [1.165, 1.54) is 60.8 Å². The smallest absolute Gasteiger partial charge is 0.164 e. The van der Waals surface area contributed by atoms with Crippen LogP contribution in [0.2, 0.25) is 0 Å². The molecule has 0 saturated carbocycles. The Labute approximate surface area is 337 Å². The number of fused-ring (bicyclic) bond motifs is 6. The van der Waals surface area contributed by atoms with Crippen molar-refractivity contribution in [2.24, 2.45) is 0 Å². The number of hydrogen-bond acceptors (Lipinski definition) is 3. The molecular weight excluding hydrogens is 705 g/mol. The summed E-state index contributed by atoms with van der Waals surface area (Å²) in [5, 5.41) is 2.44. The molecule has 1 aliphatic carbocycles. The first kappa shape index (κ1) is 33.9. The molecule has 0 radical (unpaired) electrons. The summed E-state index contributed by atoms with van der Waals surface area (Å²) in [6.07, 6.45) is 0. The number of rotatable bonds is 6. The molecule has 1 aliphatic rings. The van der Waals surface area contributed by atoms with E-state index >= 15 is 0 Å². The van der Waals surface area contributed by atoms with Gasteiger partial charge in [-0.3, -0.25) is 0 Å². The summed E-state index contributed by atoms with van der Waals surface area (Å²) in [6, 6.07) is 69.1. The van der Waals surface area contributed by atoms with Gasteiger partial charge in [-0.05, 0) is 75.3 Å². The van der Waals surface area contributed by atoms with Crippen molar-refractivity contribution < 1.29 is 0 Å². The number of nitrogens with zero attached hydrogens (tertiary/aromatic N) is 4. The number of hydrogen-bond donors (Lipinski definition) is 0. The molecule has 8 aromatic carbocycles. The van der Waals surface area contributed by atoms with Crippen LogP contribution in [-0.2, 0) is 5.41 Å². The number of aromatic nitrogens is 4. The van der Waals surface area contributed by atoms with Crippen molar-refractivity contribution in [2.75, 3.05) is 0 Å². The zero-order valence-electron chi connectivity index (χ0n) is 32.3. The molecule has 0 spiro atoms. The van der Waals surface area contributed by atoms with Gasteiger partial charge in [0.25, 0.3) is 0 Å². The van der Waals surface area contributed by atoms with Crippen molar-refractivity contribution in [1.82, 2.24) is 19.5 Å². The fourth-order valence-corrected chi connectivity index (χ4v) is 8.94. The Morgan fingerprint density at radius 1 is 0.362 bits per heavy atom. The molecule has 0 unspecified atom stereocenters. The van der Waals surface area contributed by atoms with Crippen LogP contribution in [0.3, 0.4) is 0 Å². The number of benzene rings is 8. The molecule has 11 rings (SSSR count). The van der Waals surface area contributed by atoms with Gasteiger partial charge in [-0.1, -0.05) is 172 Å². The van der Waals surface area contributed by atoms with Crippen LogP contribution in [-0.4, -0.2) is 19.5 Å². The molecule has 58 heavy (non-hydrogen) atoms. The lowest BCUT2D eigenvalue weighted by atomic mass is 9.81. The van der Waals surface area contributed by atoms with Gasteiger partial charge in [0, 0.05) is 44.1 Å². The Kier molecular flexibility index (Phi) is 7.80. The average molecular weight is 743 g/mol. The van der Waals surface area contributed by atoms with Crippen molar-refractivity contribution in [3.63, 3.8) is 0 Å². The minimum absolute atomic E-state index is 0.0370. The van der Waals surface area contributed by atoms with Gasteiger partial charge in [-0.2, -0.15) is 0 Å². The molecule has 4 nitrogen and oxygen atoms in total. The van der Waals surface area contributed by atoms with Crippen molar-refractivity contribution in [2.45, 2.75) is 19.3 Å². The van der Waals surface area contributed by atoms with Crippen LogP contribution in [0, 0.1) is 0 Å². The summed E-state index contributed by atoms with van der Waals surface area (Å²) in [5.74, 6) is 1.94. The highest BCUT2D eigenvalue weighted by molar-refractivity contribution is 6.13. The van der Waals surface area contributed by atoms with E-state index in [0.717, 1.165) is 27.9 Å². The van der Waals surface area contributed by atoms with Crippen LogP contribution in [0.15, 0.2) is 194 Å². The average Bonchev–Trinajstić information content (AvgIpc) is 3.75. The van der Waals surface area contributed by atoms with Gasteiger partial charge in [0.05, 0.1) is 11.0 Å². The van der Waals surface area contributed by atoms with Crippen molar-refractivity contribution in [3.8, 4) is 73.2 Å². The van der Waals surface area contributed by atoms with Crippen LogP contribution in [0.25, 0.3) is 95.0 Å². The second kappa shape index (κ2) is 13.4. The SMILES string of the molecule is CC1(C)c2ccccc2-c2ccc(-c3ccc(-c4cccc5c6ccccc6n(-c6ccc(-c7nc(-c8ccccc8)nc(-c8ccccc8)n7)cc6)c45)cc3)cc21. The maximum Gasteiger partial charge on any atom is 0.164 e. The fraction of sp³-hybridized carbons (Fsp3) is 0.0556. The molecule has 10 aromatic rings. The Morgan fingerprint density at radius 2 is 0.862 bits per heavy atom. The maximum absolute atomic E-state index is 4.98. The van der Waals surface area contributed by atoms with E-state index in [9.17, 15) is 0 Å². The van der Waals surface area contributed by atoms with Crippen LogP contribution in [0.4, 0.5) is 0 Å². The summed E-state index contributed by atoms with van der Waals surface area (Å²) in [4.78, 5) is 14.8. The Balaban J connectivity index is 0.993. The molecule has 2 heterocycles. The molecule has 0 N–H and O–H groups in total. The first-order valence-electron chi connectivity index (χ1n) is 19.9. The molecule has 0 aliphatic heterocycles. The largest absolute Gasteiger partial charge is 0.309 e. The highest BCUT2D eigenvalue weighted by Crippen LogP contribution is 2.49. The molecule has 0 saturated heterocycles. The summed E-state index contributed by atoms with van der Waals surface area (Å²) < 4.78 is 2.40. The second-order valence-electron chi connectivity index (χ2n) is 15.6. The molecule has 0 bridgehead atoms. The monoisotopic (exact) mass is 742 g/mol. The van der Waals surface area contributed by atoms with E-state index in [0.29, 0.717) is 17.5 Å². The lowest BCUT2D eigenvalue weighted by molar-refractivity contribution is 0.660. The van der Waals surface area contributed by atoms with Gasteiger partial charge in [0.2, 0.25) is 0 Å². The van der Waals surface area contributed by atoms with E-state index < -0.39 is 0 Å². The van der Waals surface area contributed by atoms with Crippen LogP contribution in [0.5, 0.6) is 0 Å². The summed E-state index contributed by atoms with van der Waals surface area (Å²) in [7, 11) is 0. The van der Waals surface area contributed by atoms with E-state index in [1.54, 1.807) is 0 Å². The lowest BCUT2D eigenvalue weighted by Gasteiger charge is -2.22. The maximum atomic E-state index is 4.98. The van der Waals surface area contributed by atoms with E-state index in [4.69, 9.17) is 15.0 Å². The third-order valence-electron chi connectivity index (χ3n) is 11.9. The van der Waals surface area contributed by atoms with Crippen LogP contribution >= 0.6 is 0 Å². The summed E-state index contributed by atoms with van der Waals surface area (Å²) in [6.45, 7) is 4.68. The first-order chi connectivity index (χ1) is 28.5.